The Bertz CT molecular complexity index is 150. The molecule has 0 radical (unpaired) electrons. The van der Waals surface area contributed by atoms with Crippen LogP contribution in [0.3, 0.4) is 0 Å². The molecule has 0 bridgehead atoms. The standard InChI is InChI=1S/C6H6ClN.ClH/c1-5-2-3-6(7)8-4-5;/h2-4H,1H3;1H. The summed E-state index contributed by atoms with van der Waals surface area (Å²) in [6, 6.07) is 3.70. The second-order valence-corrected chi connectivity index (χ2v) is 2.05. The van der Waals surface area contributed by atoms with Gasteiger partial charge in [0, 0.05) is 6.20 Å². The summed E-state index contributed by atoms with van der Waals surface area (Å²) in [5.41, 5.74) is 1.13. The van der Waals surface area contributed by atoms with Crippen LogP contribution in [0.15, 0.2) is 18.3 Å². The molecule has 0 atom stereocenters. The maximum absolute atomic E-state index is 5.50. The molecule has 0 amide bonds. The van der Waals surface area contributed by atoms with Crippen LogP contribution in [0.2, 0.25) is 5.15 Å². The Kier molecular flexibility index (Phi) is 3.59. The van der Waals surface area contributed by atoms with E-state index in [1.165, 1.54) is 0 Å². The van der Waals surface area contributed by atoms with Crippen LogP contribution in [-0.2, 0) is 0 Å². The highest BCUT2D eigenvalue weighted by Gasteiger charge is 1.83. The van der Waals surface area contributed by atoms with Crippen molar-refractivity contribution in [1.29, 1.82) is 0 Å². The van der Waals surface area contributed by atoms with E-state index in [0.717, 1.165) is 5.56 Å². The molecule has 0 spiro atoms. The van der Waals surface area contributed by atoms with Gasteiger partial charge in [0.05, 0.1) is 0 Å². The Balaban J connectivity index is 0.000000640. The molecule has 0 fully saturated rings. The van der Waals surface area contributed by atoms with Gasteiger partial charge >= 0.3 is 0 Å². The molecule has 1 aromatic heterocycles. The largest absolute Gasteiger partial charge is 0.244 e. The summed E-state index contributed by atoms with van der Waals surface area (Å²) in [6.45, 7) is 1.98. The van der Waals surface area contributed by atoms with Gasteiger partial charge in [0.1, 0.15) is 5.15 Å². The first-order valence-electron chi connectivity index (χ1n) is 2.37. The van der Waals surface area contributed by atoms with Gasteiger partial charge in [-0.15, -0.1) is 12.4 Å². The van der Waals surface area contributed by atoms with Crippen molar-refractivity contribution in [2.24, 2.45) is 0 Å². The third kappa shape index (κ3) is 2.68. The summed E-state index contributed by atoms with van der Waals surface area (Å²) in [7, 11) is 0. The van der Waals surface area contributed by atoms with Crippen molar-refractivity contribution in [3.8, 4) is 0 Å². The lowest BCUT2D eigenvalue weighted by atomic mass is 10.3. The summed E-state index contributed by atoms with van der Waals surface area (Å²) in [4.78, 5) is 3.84. The van der Waals surface area contributed by atoms with Crippen LogP contribution in [0.5, 0.6) is 0 Å². The van der Waals surface area contributed by atoms with Gasteiger partial charge in [0.25, 0.3) is 0 Å². The second-order valence-electron chi connectivity index (χ2n) is 1.66. The summed E-state index contributed by atoms with van der Waals surface area (Å²) >= 11 is 5.50. The van der Waals surface area contributed by atoms with E-state index in [-0.39, 0.29) is 12.4 Å². The van der Waals surface area contributed by atoms with Crippen LogP contribution < -0.4 is 0 Å². The molecule has 0 aromatic carbocycles. The van der Waals surface area contributed by atoms with E-state index < -0.39 is 0 Å². The van der Waals surface area contributed by atoms with Crippen LogP contribution in [0, 0.1) is 6.92 Å². The number of pyridine rings is 1. The minimum absolute atomic E-state index is 0. The normalized spacial score (nSPS) is 8.22. The average Bonchev–Trinajstić information content (AvgIpc) is 1.77. The SMILES string of the molecule is Cc1ccc(Cl)nc1.Cl. The van der Waals surface area contributed by atoms with Crippen molar-refractivity contribution in [2.75, 3.05) is 0 Å². The Morgan fingerprint density at radius 2 is 2.11 bits per heavy atom. The first kappa shape index (κ1) is 8.73. The smallest absolute Gasteiger partial charge is 0.129 e. The molecule has 0 saturated carbocycles. The quantitative estimate of drug-likeness (QED) is 0.536. The second kappa shape index (κ2) is 3.70. The molecule has 3 heteroatoms. The van der Waals surface area contributed by atoms with Crippen LogP contribution in [0.1, 0.15) is 5.56 Å². The van der Waals surface area contributed by atoms with Gasteiger partial charge in [-0.05, 0) is 18.6 Å². The van der Waals surface area contributed by atoms with Gasteiger partial charge in [-0.3, -0.25) is 0 Å². The third-order valence-corrected chi connectivity index (χ3v) is 1.10. The minimum Gasteiger partial charge on any atom is -0.244 e. The summed E-state index contributed by atoms with van der Waals surface area (Å²) in [5, 5.41) is 0.551. The molecular weight excluding hydrogens is 157 g/mol. The maximum Gasteiger partial charge on any atom is 0.129 e. The van der Waals surface area contributed by atoms with Crippen LogP contribution in [0.25, 0.3) is 0 Å². The number of hydrogen-bond donors (Lipinski definition) is 0. The van der Waals surface area contributed by atoms with E-state index in [0.29, 0.717) is 5.15 Å². The van der Waals surface area contributed by atoms with Gasteiger partial charge in [0.15, 0.2) is 0 Å². The monoisotopic (exact) mass is 163 g/mol. The first-order valence-corrected chi connectivity index (χ1v) is 2.75. The van der Waals surface area contributed by atoms with Gasteiger partial charge < -0.3 is 0 Å². The number of aryl methyl sites for hydroxylation is 1. The van der Waals surface area contributed by atoms with Crippen molar-refractivity contribution in [1.82, 2.24) is 4.98 Å². The predicted molar refractivity (Wildman–Crippen MR) is 41.2 cm³/mol. The minimum atomic E-state index is 0. The lowest BCUT2D eigenvalue weighted by molar-refractivity contribution is 1.27. The van der Waals surface area contributed by atoms with Crippen molar-refractivity contribution in [3.63, 3.8) is 0 Å². The van der Waals surface area contributed by atoms with E-state index >= 15 is 0 Å². The third-order valence-electron chi connectivity index (χ3n) is 0.875. The van der Waals surface area contributed by atoms with Gasteiger partial charge in [-0.2, -0.15) is 0 Å². The molecule has 50 valence electrons. The van der Waals surface area contributed by atoms with E-state index in [1.807, 2.05) is 13.0 Å². The van der Waals surface area contributed by atoms with E-state index in [2.05, 4.69) is 4.98 Å². The van der Waals surface area contributed by atoms with E-state index in [4.69, 9.17) is 11.6 Å². The number of halogens is 2. The number of hydrogen-bond acceptors (Lipinski definition) is 1. The molecule has 9 heavy (non-hydrogen) atoms. The van der Waals surface area contributed by atoms with E-state index in [9.17, 15) is 0 Å². The Hall–Kier alpha value is -0.270. The highest BCUT2D eigenvalue weighted by Crippen LogP contribution is 2.02. The molecule has 0 aliphatic rings. The molecule has 0 aliphatic heterocycles. The van der Waals surface area contributed by atoms with Gasteiger partial charge in [0.2, 0.25) is 0 Å². The van der Waals surface area contributed by atoms with Crippen molar-refractivity contribution in [2.45, 2.75) is 6.92 Å². The van der Waals surface area contributed by atoms with Crippen molar-refractivity contribution < 1.29 is 0 Å². The zero-order valence-electron chi connectivity index (χ0n) is 4.97. The molecule has 0 N–H and O–H groups in total. The Morgan fingerprint density at radius 1 is 1.44 bits per heavy atom. The van der Waals surface area contributed by atoms with Crippen LogP contribution in [0.4, 0.5) is 0 Å². The van der Waals surface area contributed by atoms with Crippen LogP contribution >= 0.6 is 24.0 Å². The fourth-order valence-corrected chi connectivity index (χ4v) is 0.562. The molecule has 0 aliphatic carbocycles. The van der Waals surface area contributed by atoms with Crippen molar-refractivity contribution in [3.05, 3.63) is 29.0 Å². The molecule has 1 heterocycles. The molecule has 1 rings (SSSR count). The zero-order valence-corrected chi connectivity index (χ0v) is 6.54. The van der Waals surface area contributed by atoms with Gasteiger partial charge in [-0.25, -0.2) is 4.98 Å². The molecular formula is C6H7Cl2N. The lowest BCUT2D eigenvalue weighted by Crippen LogP contribution is -1.73. The van der Waals surface area contributed by atoms with Crippen LogP contribution in [-0.4, -0.2) is 4.98 Å². The Morgan fingerprint density at radius 3 is 2.44 bits per heavy atom. The number of rotatable bonds is 0. The van der Waals surface area contributed by atoms with Gasteiger partial charge in [-0.1, -0.05) is 17.7 Å². The maximum atomic E-state index is 5.50. The molecule has 0 saturated heterocycles. The highest BCUT2D eigenvalue weighted by molar-refractivity contribution is 6.29. The summed E-state index contributed by atoms with van der Waals surface area (Å²) < 4.78 is 0. The summed E-state index contributed by atoms with van der Waals surface area (Å²) in [5.74, 6) is 0. The average molecular weight is 164 g/mol. The highest BCUT2D eigenvalue weighted by atomic mass is 35.5. The molecule has 1 aromatic rings. The fraction of sp³-hybridized carbons (Fsp3) is 0.167. The number of aromatic nitrogens is 1. The lowest BCUT2D eigenvalue weighted by Gasteiger charge is -1.87. The van der Waals surface area contributed by atoms with E-state index in [1.54, 1.807) is 12.3 Å². The summed E-state index contributed by atoms with van der Waals surface area (Å²) in [6.07, 6.45) is 1.74. The zero-order chi connectivity index (χ0) is 5.98. The first-order chi connectivity index (χ1) is 3.79. The fourth-order valence-electron chi connectivity index (χ4n) is 0.450. The predicted octanol–water partition coefficient (Wildman–Crippen LogP) is 2.47. The number of nitrogens with zero attached hydrogens (tertiary/aromatic N) is 1. The molecule has 0 unspecified atom stereocenters. The topological polar surface area (TPSA) is 12.9 Å². The Labute approximate surface area is 65.5 Å². The molecule has 1 nitrogen and oxygen atoms in total. The van der Waals surface area contributed by atoms with Crippen molar-refractivity contribution >= 4 is 24.0 Å².